The molecule has 1 saturated carbocycles. The Balaban J connectivity index is 2.26. The lowest BCUT2D eigenvalue weighted by molar-refractivity contribution is 0.593. The average molecular weight is 225 g/mol. The average Bonchev–Trinajstić information content (AvgIpc) is 3.08. The van der Waals surface area contributed by atoms with Crippen molar-refractivity contribution in [1.82, 2.24) is 0 Å². The lowest BCUT2D eigenvalue weighted by atomic mass is 9.99. The van der Waals surface area contributed by atoms with Gasteiger partial charge in [-0.05, 0) is 42.4 Å². The predicted molar refractivity (Wildman–Crippen MR) is 67.0 cm³/mol. The fraction of sp³-hybridized carbons (Fsp3) is 0.400. The molecule has 1 aromatic carbocycles. The van der Waals surface area contributed by atoms with Gasteiger partial charge in [0, 0.05) is 10.9 Å². The molecule has 3 rings (SSSR count). The Hall–Kier alpha value is -1.75. The normalized spacial score (nSPS) is 15.4. The Morgan fingerprint density at radius 3 is 2.71 bits per heavy atom. The first kappa shape index (κ1) is 10.4. The van der Waals surface area contributed by atoms with Crippen LogP contribution in [0.1, 0.15) is 55.4 Å². The van der Waals surface area contributed by atoms with Crippen LogP contribution >= 0.6 is 0 Å². The molecular weight excluding hydrogens is 210 g/mol. The van der Waals surface area contributed by atoms with Gasteiger partial charge in [0.2, 0.25) is 5.76 Å². The smallest absolute Gasteiger partial charge is 0.208 e. The summed E-state index contributed by atoms with van der Waals surface area (Å²) < 4.78 is 5.62. The van der Waals surface area contributed by atoms with E-state index in [1.54, 1.807) is 0 Å². The minimum Gasteiger partial charge on any atom is -0.445 e. The van der Waals surface area contributed by atoms with Crippen LogP contribution in [-0.4, -0.2) is 0 Å². The summed E-state index contributed by atoms with van der Waals surface area (Å²) in [5.41, 5.74) is 3.31. The molecule has 0 N–H and O–H groups in total. The highest BCUT2D eigenvalue weighted by Gasteiger charge is 2.31. The summed E-state index contributed by atoms with van der Waals surface area (Å²) in [6, 6.07) is 8.47. The zero-order valence-corrected chi connectivity index (χ0v) is 10.2. The quantitative estimate of drug-likeness (QED) is 0.763. The molecule has 0 radical (unpaired) electrons. The molecule has 17 heavy (non-hydrogen) atoms. The molecule has 0 unspecified atom stereocenters. The zero-order valence-electron chi connectivity index (χ0n) is 10.2. The van der Waals surface area contributed by atoms with E-state index in [1.807, 2.05) is 6.07 Å². The van der Waals surface area contributed by atoms with Crippen LogP contribution in [-0.2, 0) is 0 Å². The van der Waals surface area contributed by atoms with E-state index >= 15 is 0 Å². The van der Waals surface area contributed by atoms with E-state index in [-0.39, 0.29) is 0 Å². The molecular formula is C15H15NO. The van der Waals surface area contributed by atoms with Crippen molar-refractivity contribution in [2.24, 2.45) is 0 Å². The van der Waals surface area contributed by atoms with E-state index < -0.39 is 0 Å². The van der Waals surface area contributed by atoms with Crippen molar-refractivity contribution in [1.29, 1.82) is 5.26 Å². The van der Waals surface area contributed by atoms with Gasteiger partial charge in [-0.2, -0.15) is 5.26 Å². The van der Waals surface area contributed by atoms with Crippen LogP contribution < -0.4 is 0 Å². The van der Waals surface area contributed by atoms with Crippen LogP contribution in [0.2, 0.25) is 0 Å². The molecule has 86 valence electrons. The second-order valence-corrected chi connectivity index (χ2v) is 5.14. The number of nitriles is 1. The van der Waals surface area contributed by atoms with Crippen molar-refractivity contribution in [2.45, 2.75) is 38.5 Å². The molecule has 0 bridgehead atoms. The zero-order chi connectivity index (χ0) is 12.0. The minimum atomic E-state index is 0.506. The molecule has 0 saturated heterocycles. The Bertz CT molecular complexity index is 612. The Kier molecular flexibility index (Phi) is 2.22. The highest BCUT2D eigenvalue weighted by molar-refractivity contribution is 5.85. The number of rotatable bonds is 2. The third kappa shape index (κ3) is 1.63. The third-order valence-electron chi connectivity index (χ3n) is 3.50. The summed E-state index contributed by atoms with van der Waals surface area (Å²) in [5, 5.41) is 10.3. The number of hydrogen-bond acceptors (Lipinski definition) is 2. The van der Waals surface area contributed by atoms with Crippen molar-refractivity contribution >= 4 is 11.0 Å². The number of hydrogen-bond donors (Lipinski definition) is 0. The number of benzene rings is 1. The summed E-state index contributed by atoms with van der Waals surface area (Å²) in [5.74, 6) is 1.57. The second kappa shape index (κ2) is 3.63. The predicted octanol–water partition coefficient (Wildman–Crippen LogP) is 4.31. The molecule has 1 aliphatic rings. The maximum absolute atomic E-state index is 9.13. The standard InChI is InChI=1S/C15H15NO/c1-9(2)11-5-6-13-12(7-11)15(10-3-4-10)14(8-16)17-13/h5-7,9-10H,3-4H2,1-2H3. The van der Waals surface area contributed by atoms with E-state index in [0.29, 0.717) is 17.6 Å². The first-order chi connectivity index (χ1) is 8.20. The van der Waals surface area contributed by atoms with Crippen molar-refractivity contribution in [3.8, 4) is 6.07 Å². The lowest BCUT2D eigenvalue weighted by Crippen LogP contribution is -1.87. The molecule has 1 fully saturated rings. The molecule has 2 nitrogen and oxygen atoms in total. The Labute approximate surface area is 101 Å². The second-order valence-electron chi connectivity index (χ2n) is 5.14. The highest BCUT2D eigenvalue weighted by atomic mass is 16.3. The van der Waals surface area contributed by atoms with Crippen LogP contribution in [0.3, 0.4) is 0 Å². The molecule has 0 atom stereocenters. The van der Waals surface area contributed by atoms with Crippen LogP contribution in [0.5, 0.6) is 0 Å². The molecule has 1 aliphatic carbocycles. The molecule has 1 heterocycles. The first-order valence-corrected chi connectivity index (χ1v) is 6.17. The fourth-order valence-electron chi connectivity index (χ4n) is 2.35. The van der Waals surface area contributed by atoms with Crippen LogP contribution in [0.4, 0.5) is 0 Å². The summed E-state index contributed by atoms with van der Waals surface area (Å²) in [7, 11) is 0. The Morgan fingerprint density at radius 1 is 1.35 bits per heavy atom. The number of nitrogens with zero attached hydrogens (tertiary/aromatic N) is 1. The van der Waals surface area contributed by atoms with Gasteiger partial charge in [0.1, 0.15) is 11.7 Å². The van der Waals surface area contributed by atoms with Crippen molar-refractivity contribution in [3.63, 3.8) is 0 Å². The number of furan rings is 1. The van der Waals surface area contributed by atoms with Crippen molar-refractivity contribution in [2.75, 3.05) is 0 Å². The van der Waals surface area contributed by atoms with Crippen LogP contribution in [0.15, 0.2) is 22.6 Å². The molecule has 0 amide bonds. The highest BCUT2D eigenvalue weighted by Crippen LogP contribution is 2.46. The minimum absolute atomic E-state index is 0.506. The van der Waals surface area contributed by atoms with Gasteiger partial charge in [-0.25, -0.2) is 0 Å². The molecule has 0 spiro atoms. The van der Waals surface area contributed by atoms with Gasteiger partial charge >= 0.3 is 0 Å². The number of fused-ring (bicyclic) bond motifs is 1. The summed E-state index contributed by atoms with van der Waals surface area (Å²) in [4.78, 5) is 0. The van der Waals surface area contributed by atoms with E-state index in [9.17, 15) is 0 Å². The van der Waals surface area contributed by atoms with Gasteiger partial charge in [0.15, 0.2) is 0 Å². The van der Waals surface area contributed by atoms with E-state index in [1.165, 1.54) is 18.4 Å². The van der Waals surface area contributed by atoms with Gasteiger partial charge in [-0.15, -0.1) is 0 Å². The molecule has 2 heteroatoms. The first-order valence-electron chi connectivity index (χ1n) is 6.17. The fourth-order valence-corrected chi connectivity index (χ4v) is 2.35. The largest absolute Gasteiger partial charge is 0.445 e. The maximum atomic E-state index is 9.13. The van der Waals surface area contributed by atoms with Gasteiger partial charge in [0.05, 0.1) is 0 Å². The lowest BCUT2D eigenvalue weighted by Gasteiger charge is -2.04. The summed E-state index contributed by atoms with van der Waals surface area (Å²) >= 11 is 0. The van der Waals surface area contributed by atoms with E-state index in [0.717, 1.165) is 16.5 Å². The van der Waals surface area contributed by atoms with Crippen LogP contribution in [0, 0.1) is 11.3 Å². The van der Waals surface area contributed by atoms with Gasteiger partial charge in [0.25, 0.3) is 0 Å². The SMILES string of the molecule is CC(C)c1ccc2oc(C#N)c(C3CC3)c2c1. The molecule has 2 aromatic rings. The monoisotopic (exact) mass is 225 g/mol. The van der Waals surface area contributed by atoms with Crippen molar-refractivity contribution in [3.05, 3.63) is 35.1 Å². The van der Waals surface area contributed by atoms with E-state index in [4.69, 9.17) is 9.68 Å². The van der Waals surface area contributed by atoms with E-state index in [2.05, 4.69) is 32.0 Å². The third-order valence-corrected chi connectivity index (χ3v) is 3.50. The molecule has 1 aromatic heterocycles. The summed E-state index contributed by atoms with van der Waals surface area (Å²) in [6.07, 6.45) is 2.38. The molecule has 0 aliphatic heterocycles. The van der Waals surface area contributed by atoms with Gasteiger partial charge in [-0.1, -0.05) is 19.9 Å². The van der Waals surface area contributed by atoms with Crippen LogP contribution in [0.25, 0.3) is 11.0 Å². The maximum Gasteiger partial charge on any atom is 0.208 e. The van der Waals surface area contributed by atoms with Gasteiger partial charge < -0.3 is 4.42 Å². The Morgan fingerprint density at radius 2 is 2.12 bits per heavy atom. The van der Waals surface area contributed by atoms with Crippen molar-refractivity contribution < 1.29 is 4.42 Å². The topological polar surface area (TPSA) is 36.9 Å². The van der Waals surface area contributed by atoms with Gasteiger partial charge in [-0.3, -0.25) is 0 Å². The summed E-state index contributed by atoms with van der Waals surface area (Å²) in [6.45, 7) is 4.37.